The third kappa shape index (κ3) is 4.49. The number of ether oxygens (including phenoxy) is 1. The molecule has 1 fully saturated rings. The number of sulfonamides is 1. The van der Waals surface area contributed by atoms with Crippen molar-refractivity contribution in [2.75, 3.05) is 4.72 Å². The molecule has 1 N–H and O–H groups in total. The van der Waals surface area contributed by atoms with Crippen LogP contribution in [0.25, 0.3) is 11.3 Å². The zero-order valence-electron chi connectivity index (χ0n) is 17.4. The van der Waals surface area contributed by atoms with E-state index < -0.39 is 10.0 Å². The second kappa shape index (κ2) is 7.96. The number of nitrogens with one attached hydrogen (secondary N) is 1. The summed E-state index contributed by atoms with van der Waals surface area (Å²) in [6.45, 7) is 5.63. The minimum absolute atomic E-state index is 0.119. The Hall–Kier alpha value is -3.51. The first kappa shape index (κ1) is 20.8. The Bertz CT molecular complexity index is 1290. The smallest absolute Gasteiger partial charge is 0.244 e. The van der Waals surface area contributed by atoms with E-state index in [1.54, 1.807) is 24.3 Å². The van der Waals surface area contributed by atoms with Crippen LogP contribution < -0.4 is 9.46 Å². The van der Waals surface area contributed by atoms with Crippen molar-refractivity contribution in [2.45, 2.75) is 38.9 Å². The van der Waals surface area contributed by atoms with Crippen LogP contribution in [-0.4, -0.2) is 28.6 Å². The molecule has 0 amide bonds. The first-order valence-corrected chi connectivity index (χ1v) is 11.3. The molecule has 1 aliphatic carbocycles. The standard InChI is InChI=1S/C22H21N5O3S/c1-13-10-14(2)25-15(3)21(13)30-22-20(27-31(28,29)18-4-5-18)7-6-19(26-22)16-8-9-24-17(11-16)12-23/h6-11,18,27H,4-5H2,1-3H3. The molecule has 31 heavy (non-hydrogen) atoms. The maximum Gasteiger partial charge on any atom is 0.244 e. The third-order valence-electron chi connectivity index (χ3n) is 4.90. The summed E-state index contributed by atoms with van der Waals surface area (Å²) >= 11 is 0. The lowest BCUT2D eigenvalue weighted by Gasteiger charge is -2.16. The zero-order valence-corrected chi connectivity index (χ0v) is 18.2. The molecule has 0 radical (unpaired) electrons. The first-order valence-electron chi connectivity index (χ1n) is 9.79. The van der Waals surface area contributed by atoms with Gasteiger partial charge in [0, 0.05) is 17.5 Å². The highest BCUT2D eigenvalue weighted by Gasteiger charge is 2.36. The summed E-state index contributed by atoms with van der Waals surface area (Å²) in [6, 6.07) is 10.5. The molecule has 3 heterocycles. The molecule has 0 unspecified atom stereocenters. The molecular weight excluding hydrogens is 414 g/mol. The van der Waals surface area contributed by atoms with Crippen LogP contribution >= 0.6 is 0 Å². The van der Waals surface area contributed by atoms with Gasteiger partial charge in [-0.1, -0.05) is 0 Å². The van der Waals surface area contributed by atoms with Gasteiger partial charge >= 0.3 is 0 Å². The molecule has 1 aliphatic rings. The molecule has 0 aromatic carbocycles. The topological polar surface area (TPSA) is 118 Å². The van der Waals surface area contributed by atoms with Crippen LogP contribution in [0.15, 0.2) is 36.5 Å². The van der Waals surface area contributed by atoms with Crippen LogP contribution in [0.1, 0.15) is 35.5 Å². The summed E-state index contributed by atoms with van der Waals surface area (Å²) in [5, 5.41) is 8.74. The van der Waals surface area contributed by atoms with Crippen molar-refractivity contribution in [3.05, 3.63) is 59.2 Å². The van der Waals surface area contributed by atoms with Crippen molar-refractivity contribution < 1.29 is 13.2 Å². The summed E-state index contributed by atoms with van der Waals surface area (Å²) in [5.74, 6) is 0.642. The Labute approximate surface area is 181 Å². The van der Waals surface area contributed by atoms with Crippen LogP contribution in [-0.2, 0) is 10.0 Å². The predicted octanol–water partition coefficient (Wildman–Crippen LogP) is 4.03. The van der Waals surface area contributed by atoms with Crippen molar-refractivity contribution in [1.29, 1.82) is 5.26 Å². The highest BCUT2D eigenvalue weighted by molar-refractivity contribution is 7.93. The summed E-state index contributed by atoms with van der Waals surface area (Å²) < 4.78 is 33.8. The van der Waals surface area contributed by atoms with Crippen molar-refractivity contribution in [3.63, 3.8) is 0 Å². The van der Waals surface area contributed by atoms with Gasteiger partial charge in [0.15, 0.2) is 5.75 Å². The predicted molar refractivity (Wildman–Crippen MR) is 116 cm³/mol. The van der Waals surface area contributed by atoms with Gasteiger partial charge in [0.25, 0.3) is 0 Å². The van der Waals surface area contributed by atoms with Gasteiger partial charge in [0.2, 0.25) is 15.9 Å². The van der Waals surface area contributed by atoms with Gasteiger partial charge in [-0.25, -0.2) is 18.4 Å². The number of aryl methyl sites for hydroxylation is 3. The number of nitrogens with zero attached hydrogens (tertiary/aromatic N) is 4. The molecule has 0 aliphatic heterocycles. The Morgan fingerprint density at radius 3 is 2.58 bits per heavy atom. The first-order chi connectivity index (χ1) is 14.8. The average Bonchev–Trinajstić information content (AvgIpc) is 3.57. The fraction of sp³-hybridized carbons (Fsp3) is 0.273. The van der Waals surface area contributed by atoms with Crippen molar-refractivity contribution in [1.82, 2.24) is 15.0 Å². The van der Waals surface area contributed by atoms with Crippen LogP contribution in [0.5, 0.6) is 11.6 Å². The monoisotopic (exact) mass is 435 g/mol. The van der Waals surface area contributed by atoms with Crippen LogP contribution in [0.3, 0.4) is 0 Å². The van der Waals surface area contributed by atoms with Gasteiger partial charge in [0.1, 0.15) is 17.5 Å². The Morgan fingerprint density at radius 2 is 1.90 bits per heavy atom. The highest BCUT2D eigenvalue weighted by atomic mass is 32.2. The minimum Gasteiger partial charge on any atom is -0.435 e. The van der Waals surface area contributed by atoms with Crippen LogP contribution in [0.4, 0.5) is 5.69 Å². The van der Waals surface area contributed by atoms with E-state index >= 15 is 0 Å². The van der Waals surface area contributed by atoms with E-state index in [0.717, 1.165) is 11.3 Å². The molecule has 0 saturated heterocycles. The van der Waals surface area contributed by atoms with Gasteiger partial charge in [-0.3, -0.25) is 9.71 Å². The lowest BCUT2D eigenvalue weighted by molar-refractivity contribution is 0.455. The molecule has 1 saturated carbocycles. The molecule has 3 aromatic rings. The number of anilines is 1. The molecule has 3 aromatic heterocycles. The summed E-state index contributed by atoms with van der Waals surface area (Å²) in [4.78, 5) is 13.0. The SMILES string of the molecule is Cc1cc(C)c(Oc2nc(-c3ccnc(C#N)c3)ccc2NS(=O)(=O)C2CC2)c(C)n1. The average molecular weight is 436 g/mol. The zero-order chi connectivity index (χ0) is 22.2. The number of nitriles is 1. The summed E-state index contributed by atoms with van der Waals surface area (Å²) in [7, 11) is -3.51. The molecule has 0 bridgehead atoms. The Balaban J connectivity index is 1.79. The Kier molecular flexibility index (Phi) is 5.33. The maximum atomic E-state index is 12.5. The molecule has 158 valence electrons. The number of pyridine rings is 3. The van der Waals surface area contributed by atoms with Gasteiger partial charge in [0.05, 0.1) is 16.6 Å². The van der Waals surface area contributed by atoms with E-state index in [2.05, 4.69) is 19.7 Å². The molecule has 0 atom stereocenters. The van der Waals surface area contributed by atoms with E-state index in [-0.39, 0.29) is 22.5 Å². The quantitative estimate of drug-likeness (QED) is 0.621. The fourth-order valence-corrected chi connectivity index (χ4v) is 4.67. The molecule has 4 rings (SSSR count). The van der Waals surface area contributed by atoms with Crippen LogP contribution in [0.2, 0.25) is 0 Å². The van der Waals surface area contributed by atoms with Gasteiger partial charge in [-0.2, -0.15) is 5.26 Å². The van der Waals surface area contributed by atoms with Crippen LogP contribution in [0, 0.1) is 32.1 Å². The lowest BCUT2D eigenvalue weighted by atomic mass is 10.1. The van der Waals surface area contributed by atoms with E-state index in [1.807, 2.05) is 32.9 Å². The second-order valence-electron chi connectivity index (χ2n) is 7.53. The van der Waals surface area contributed by atoms with Crippen molar-refractivity contribution in [3.8, 4) is 29.0 Å². The van der Waals surface area contributed by atoms with E-state index in [9.17, 15) is 8.42 Å². The molecule has 9 heteroatoms. The Morgan fingerprint density at radius 1 is 1.13 bits per heavy atom. The lowest BCUT2D eigenvalue weighted by Crippen LogP contribution is -2.18. The highest BCUT2D eigenvalue weighted by Crippen LogP contribution is 2.36. The number of hydrogen-bond donors (Lipinski definition) is 1. The number of hydrogen-bond acceptors (Lipinski definition) is 7. The van der Waals surface area contributed by atoms with E-state index in [1.165, 1.54) is 6.20 Å². The largest absolute Gasteiger partial charge is 0.435 e. The summed E-state index contributed by atoms with van der Waals surface area (Å²) in [6.07, 6.45) is 2.81. The molecular formula is C22H21N5O3S. The molecule has 8 nitrogen and oxygen atoms in total. The van der Waals surface area contributed by atoms with Gasteiger partial charge < -0.3 is 4.74 Å². The number of aromatic nitrogens is 3. The normalized spacial score (nSPS) is 13.5. The van der Waals surface area contributed by atoms with E-state index in [0.29, 0.717) is 35.5 Å². The maximum absolute atomic E-state index is 12.5. The fourth-order valence-electron chi connectivity index (χ4n) is 3.29. The summed E-state index contributed by atoms with van der Waals surface area (Å²) in [5.41, 5.74) is 4.11. The second-order valence-corrected chi connectivity index (χ2v) is 9.50. The minimum atomic E-state index is -3.51. The van der Waals surface area contributed by atoms with Gasteiger partial charge in [-0.05, 0) is 69.5 Å². The van der Waals surface area contributed by atoms with Crippen molar-refractivity contribution >= 4 is 15.7 Å². The third-order valence-corrected chi connectivity index (χ3v) is 6.75. The van der Waals surface area contributed by atoms with Gasteiger partial charge in [-0.15, -0.1) is 0 Å². The van der Waals surface area contributed by atoms with E-state index in [4.69, 9.17) is 10.00 Å². The number of rotatable bonds is 6. The molecule has 0 spiro atoms. The van der Waals surface area contributed by atoms with Crippen molar-refractivity contribution in [2.24, 2.45) is 0 Å².